The molecule has 0 aliphatic carbocycles. The maximum Gasteiger partial charge on any atom is 0.336 e. The molecular weight excluding hydrogens is 306 g/mol. The molecule has 1 N–H and O–H groups in total. The van der Waals surface area contributed by atoms with Crippen molar-refractivity contribution < 1.29 is 19.4 Å². The molecule has 1 aromatic heterocycles. The number of rotatable bonds is 2. The van der Waals surface area contributed by atoms with Crippen molar-refractivity contribution in [2.75, 3.05) is 6.79 Å². The van der Waals surface area contributed by atoms with E-state index in [2.05, 4.69) is 0 Å². The normalized spacial score (nSPS) is 12.6. The second-order valence-corrected chi connectivity index (χ2v) is 5.83. The number of aryl methyl sites for hydroxylation is 2. The van der Waals surface area contributed by atoms with Crippen LogP contribution in [0.1, 0.15) is 21.5 Å². The van der Waals surface area contributed by atoms with Gasteiger partial charge in [0.25, 0.3) is 0 Å². The van der Waals surface area contributed by atoms with Crippen LogP contribution in [0.25, 0.3) is 22.2 Å². The van der Waals surface area contributed by atoms with Crippen LogP contribution in [0.15, 0.2) is 36.4 Å². The van der Waals surface area contributed by atoms with Crippen molar-refractivity contribution in [2.24, 2.45) is 0 Å². The zero-order valence-corrected chi connectivity index (χ0v) is 13.3. The van der Waals surface area contributed by atoms with Gasteiger partial charge in [0, 0.05) is 10.9 Å². The van der Waals surface area contributed by atoms with Gasteiger partial charge in [0.15, 0.2) is 11.5 Å². The summed E-state index contributed by atoms with van der Waals surface area (Å²) >= 11 is 0. The van der Waals surface area contributed by atoms with Crippen molar-refractivity contribution in [1.82, 2.24) is 4.98 Å². The number of benzene rings is 2. The smallest absolute Gasteiger partial charge is 0.336 e. The summed E-state index contributed by atoms with van der Waals surface area (Å²) in [4.78, 5) is 16.4. The van der Waals surface area contributed by atoms with Crippen LogP contribution < -0.4 is 9.47 Å². The number of pyridine rings is 1. The Morgan fingerprint density at radius 1 is 1.08 bits per heavy atom. The molecule has 0 spiro atoms. The number of hydrogen-bond donors (Lipinski definition) is 1. The van der Waals surface area contributed by atoms with Gasteiger partial charge in [-0.2, -0.15) is 0 Å². The van der Waals surface area contributed by atoms with E-state index in [1.54, 1.807) is 6.07 Å². The third-order valence-corrected chi connectivity index (χ3v) is 4.40. The third-order valence-electron chi connectivity index (χ3n) is 4.40. The summed E-state index contributed by atoms with van der Waals surface area (Å²) in [6.07, 6.45) is 0. The minimum Gasteiger partial charge on any atom is -0.478 e. The van der Waals surface area contributed by atoms with Crippen molar-refractivity contribution in [1.29, 1.82) is 0 Å². The summed E-state index contributed by atoms with van der Waals surface area (Å²) in [6.45, 7) is 4.15. The fraction of sp³-hybridized carbons (Fsp3) is 0.158. The lowest BCUT2D eigenvalue weighted by atomic mass is 9.99. The van der Waals surface area contributed by atoms with Crippen molar-refractivity contribution in [3.8, 4) is 22.8 Å². The molecule has 0 saturated carbocycles. The predicted molar refractivity (Wildman–Crippen MR) is 89.7 cm³/mol. The standard InChI is InChI=1S/C19H15NO4/c1-10-3-5-13-14(19(21)22)8-15(20-18(13)11(10)2)12-4-6-16-17(7-12)24-9-23-16/h3-8H,9H2,1-2H3,(H,21,22). The Hall–Kier alpha value is -3.08. The number of carboxylic acid groups (broad SMARTS) is 1. The van der Waals surface area contributed by atoms with E-state index in [4.69, 9.17) is 14.5 Å². The molecule has 4 rings (SSSR count). The van der Waals surface area contributed by atoms with Crippen molar-refractivity contribution >= 4 is 16.9 Å². The van der Waals surface area contributed by atoms with E-state index in [9.17, 15) is 9.90 Å². The van der Waals surface area contributed by atoms with E-state index in [0.717, 1.165) is 16.7 Å². The first-order chi connectivity index (χ1) is 11.5. The number of nitrogens with zero attached hydrogens (tertiary/aromatic N) is 1. The van der Waals surface area contributed by atoms with Crippen LogP contribution in [0, 0.1) is 13.8 Å². The average molecular weight is 321 g/mol. The van der Waals surface area contributed by atoms with Crippen LogP contribution in [0.3, 0.4) is 0 Å². The molecule has 2 heterocycles. The van der Waals surface area contributed by atoms with Gasteiger partial charge in [0.05, 0.1) is 16.8 Å². The lowest BCUT2D eigenvalue weighted by Gasteiger charge is -2.11. The molecule has 1 aliphatic heterocycles. The molecule has 3 aromatic rings. The van der Waals surface area contributed by atoms with Crippen LogP contribution in [-0.4, -0.2) is 22.9 Å². The van der Waals surface area contributed by atoms with Gasteiger partial charge < -0.3 is 14.6 Å². The number of ether oxygens (including phenoxy) is 2. The van der Waals surface area contributed by atoms with Gasteiger partial charge in [-0.05, 0) is 49.2 Å². The third kappa shape index (κ3) is 2.17. The lowest BCUT2D eigenvalue weighted by molar-refractivity contribution is 0.0699. The van der Waals surface area contributed by atoms with Gasteiger partial charge in [-0.3, -0.25) is 0 Å². The molecule has 0 fully saturated rings. The van der Waals surface area contributed by atoms with E-state index in [-0.39, 0.29) is 12.4 Å². The Morgan fingerprint density at radius 2 is 1.88 bits per heavy atom. The fourth-order valence-corrected chi connectivity index (χ4v) is 2.91. The second-order valence-electron chi connectivity index (χ2n) is 5.83. The quantitative estimate of drug-likeness (QED) is 0.774. The van der Waals surface area contributed by atoms with Crippen molar-refractivity contribution in [3.05, 3.63) is 53.1 Å². The van der Waals surface area contributed by atoms with Gasteiger partial charge in [-0.1, -0.05) is 12.1 Å². The SMILES string of the molecule is Cc1ccc2c(C(=O)O)cc(-c3ccc4c(c3)OCO4)nc2c1C. The van der Waals surface area contributed by atoms with Crippen LogP contribution in [0.2, 0.25) is 0 Å². The first-order valence-electron chi connectivity index (χ1n) is 7.59. The fourth-order valence-electron chi connectivity index (χ4n) is 2.91. The highest BCUT2D eigenvalue weighted by atomic mass is 16.7. The maximum atomic E-state index is 11.7. The van der Waals surface area contributed by atoms with Gasteiger partial charge in [0.1, 0.15) is 0 Å². The summed E-state index contributed by atoms with van der Waals surface area (Å²) in [5.74, 6) is 0.366. The van der Waals surface area contributed by atoms with Crippen LogP contribution in [0.5, 0.6) is 11.5 Å². The molecule has 0 amide bonds. The molecule has 0 radical (unpaired) electrons. The summed E-state index contributed by atoms with van der Waals surface area (Å²) in [6, 6.07) is 10.8. The molecule has 0 atom stereocenters. The highest BCUT2D eigenvalue weighted by molar-refractivity contribution is 6.04. The Kier molecular flexibility index (Phi) is 3.16. The van der Waals surface area contributed by atoms with Crippen LogP contribution in [-0.2, 0) is 0 Å². The monoisotopic (exact) mass is 321 g/mol. The predicted octanol–water partition coefficient (Wildman–Crippen LogP) is 3.95. The number of aromatic nitrogens is 1. The highest BCUT2D eigenvalue weighted by Gasteiger charge is 2.18. The Bertz CT molecular complexity index is 994. The summed E-state index contributed by atoms with van der Waals surface area (Å²) in [5, 5.41) is 10.2. The number of fused-ring (bicyclic) bond motifs is 2. The van der Waals surface area contributed by atoms with Gasteiger partial charge >= 0.3 is 5.97 Å². The summed E-state index contributed by atoms with van der Waals surface area (Å²) in [7, 11) is 0. The number of hydrogen-bond acceptors (Lipinski definition) is 4. The van der Waals surface area contributed by atoms with Crippen LogP contribution in [0.4, 0.5) is 0 Å². The summed E-state index contributed by atoms with van der Waals surface area (Å²) in [5.41, 5.74) is 4.42. The molecule has 1 aliphatic rings. The van der Waals surface area contributed by atoms with E-state index in [1.807, 2.05) is 44.2 Å². The molecule has 24 heavy (non-hydrogen) atoms. The first-order valence-corrected chi connectivity index (χ1v) is 7.59. The Labute approximate surface area is 138 Å². The minimum absolute atomic E-state index is 0.197. The number of aromatic carboxylic acids is 1. The number of carboxylic acids is 1. The van der Waals surface area contributed by atoms with Crippen molar-refractivity contribution in [2.45, 2.75) is 13.8 Å². The highest BCUT2D eigenvalue weighted by Crippen LogP contribution is 2.36. The molecule has 0 unspecified atom stereocenters. The Morgan fingerprint density at radius 3 is 2.67 bits per heavy atom. The summed E-state index contributed by atoms with van der Waals surface area (Å²) < 4.78 is 10.7. The molecule has 5 nitrogen and oxygen atoms in total. The second kappa shape index (κ2) is 5.23. The van der Waals surface area contributed by atoms with E-state index in [0.29, 0.717) is 28.1 Å². The minimum atomic E-state index is -0.965. The van der Waals surface area contributed by atoms with E-state index >= 15 is 0 Å². The molecule has 2 aromatic carbocycles. The zero-order valence-electron chi connectivity index (χ0n) is 13.3. The average Bonchev–Trinajstić information content (AvgIpc) is 3.05. The molecule has 0 bridgehead atoms. The van der Waals surface area contributed by atoms with Gasteiger partial charge in [0.2, 0.25) is 6.79 Å². The van der Waals surface area contributed by atoms with Crippen molar-refractivity contribution in [3.63, 3.8) is 0 Å². The van der Waals surface area contributed by atoms with Gasteiger partial charge in [-0.25, -0.2) is 9.78 Å². The molecule has 0 saturated heterocycles. The molecular formula is C19H15NO4. The zero-order chi connectivity index (χ0) is 16.8. The molecule has 120 valence electrons. The molecule has 5 heteroatoms. The first kappa shape index (κ1) is 14.5. The van der Waals surface area contributed by atoms with E-state index in [1.165, 1.54) is 0 Å². The Balaban J connectivity index is 1.99. The largest absolute Gasteiger partial charge is 0.478 e. The topological polar surface area (TPSA) is 68.7 Å². The maximum absolute atomic E-state index is 11.7. The number of carbonyl (C=O) groups is 1. The lowest BCUT2D eigenvalue weighted by Crippen LogP contribution is -2.02. The van der Waals surface area contributed by atoms with Crippen LogP contribution >= 0.6 is 0 Å². The van der Waals surface area contributed by atoms with E-state index < -0.39 is 5.97 Å². The van der Waals surface area contributed by atoms with Gasteiger partial charge in [-0.15, -0.1) is 0 Å².